The van der Waals surface area contributed by atoms with E-state index in [4.69, 9.17) is 23.7 Å². The largest absolute Gasteiger partial charge is 0.490 e. The van der Waals surface area contributed by atoms with Crippen molar-refractivity contribution in [3.63, 3.8) is 0 Å². The number of ether oxygens (including phenoxy) is 5. The third-order valence-electron chi connectivity index (χ3n) is 5.37. The molecule has 2 amide bonds. The maximum Gasteiger partial charge on any atom is 0.251 e. The number of carbonyl (C=O) groups is 2. The first-order chi connectivity index (χ1) is 21.2. The fourth-order valence-electron chi connectivity index (χ4n) is 3.28. The molecule has 1 rings (SSSR count). The van der Waals surface area contributed by atoms with Gasteiger partial charge >= 0.3 is 0 Å². The minimum Gasteiger partial charge on any atom is -0.490 e. The van der Waals surface area contributed by atoms with E-state index in [-0.39, 0.29) is 22.0 Å². The highest BCUT2D eigenvalue weighted by atomic mass is 33.1. The van der Waals surface area contributed by atoms with Crippen LogP contribution < -0.4 is 20.7 Å². The molecule has 0 bridgehead atoms. The molecule has 0 heterocycles. The molecule has 0 aliphatic carbocycles. The van der Waals surface area contributed by atoms with Gasteiger partial charge in [-0.05, 0) is 31.2 Å². The van der Waals surface area contributed by atoms with Crippen molar-refractivity contribution < 1.29 is 33.3 Å². The quantitative estimate of drug-likeness (QED) is 0.0610. The first kappa shape index (κ1) is 40.0. The zero-order chi connectivity index (χ0) is 32.3. The van der Waals surface area contributed by atoms with Crippen LogP contribution in [0.1, 0.15) is 64.2 Å². The van der Waals surface area contributed by atoms with E-state index in [0.717, 1.165) is 19.5 Å². The predicted octanol–water partition coefficient (Wildman–Crippen LogP) is 4.29. The Kier molecular flexibility index (Phi) is 23.9. The molecule has 1 unspecified atom stereocenters. The average Bonchev–Trinajstić information content (AvgIpc) is 3.00. The highest BCUT2D eigenvalue weighted by Crippen LogP contribution is 2.38. The molecule has 0 aliphatic rings. The summed E-state index contributed by atoms with van der Waals surface area (Å²) in [5.74, 6) is 6.30. The van der Waals surface area contributed by atoms with Crippen molar-refractivity contribution in [2.24, 2.45) is 0 Å². The molecule has 12 heteroatoms. The number of nitrogens with one attached hydrogen (secondary N) is 3. The van der Waals surface area contributed by atoms with Gasteiger partial charge in [0, 0.05) is 49.4 Å². The van der Waals surface area contributed by atoms with Crippen LogP contribution in [0.4, 0.5) is 0 Å². The molecular formula is C32H53N3O7S2. The molecule has 1 atom stereocenters. The van der Waals surface area contributed by atoms with Gasteiger partial charge in [0.05, 0.1) is 33.0 Å². The maximum absolute atomic E-state index is 12.4. The average molecular weight is 656 g/mol. The van der Waals surface area contributed by atoms with Crippen LogP contribution in [-0.4, -0.2) is 101 Å². The Balaban J connectivity index is 2.24. The van der Waals surface area contributed by atoms with Crippen molar-refractivity contribution in [2.45, 2.75) is 64.1 Å². The van der Waals surface area contributed by atoms with E-state index in [0.29, 0.717) is 90.1 Å². The van der Waals surface area contributed by atoms with Crippen molar-refractivity contribution in [3.8, 4) is 17.6 Å². The van der Waals surface area contributed by atoms with Gasteiger partial charge in [0.15, 0.2) is 0 Å². The zero-order valence-corrected chi connectivity index (χ0v) is 28.8. The summed E-state index contributed by atoms with van der Waals surface area (Å²) in [5, 5.41) is 8.91. The first-order valence-electron chi connectivity index (χ1n) is 15.4. The topological polar surface area (TPSA) is 116 Å². The number of amides is 2. The van der Waals surface area contributed by atoms with Crippen molar-refractivity contribution in [3.05, 3.63) is 29.8 Å². The second-order valence-corrected chi connectivity index (χ2v) is 13.7. The second kappa shape index (κ2) is 26.3. The third-order valence-corrected chi connectivity index (χ3v) is 8.88. The Morgan fingerprint density at radius 2 is 1.68 bits per heavy atom. The normalized spacial score (nSPS) is 11.8. The van der Waals surface area contributed by atoms with E-state index >= 15 is 0 Å². The van der Waals surface area contributed by atoms with E-state index in [1.54, 1.807) is 33.7 Å². The molecule has 1 aromatic carbocycles. The summed E-state index contributed by atoms with van der Waals surface area (Å²) in [7, 11) is 3.35. The lowest BCUT2D eigenvalue weighted by Gasteiger charge is -2.22. The van der Waals surface area contributed by atoms with E-state index in [9.17, 15) is 9.59 Å². The molecule has 3 N–H and O–H groups in total. The van der Waals surface area contributed by atoms with Gasteiger partial charge in [0.25, 0.3) is 5.91 Å². The molecule has 0 saturated heterocycles. The van der Waals surface area contributed by atoms with Crippen molar-refractivity contribution in [1.82, 2.24) is 16.0 Å². The van der Waals surface area contributed by atoms with Crippen LogP contribution in [0.25, 0.3) is 0 Å². The van der Waals surface area contributed by atoms with Crippen LogP contribution in [-0.2, 0) is 23.7 Å². The van der Waals surface area contributed by atoms with Crippen molar-refractivity contribution in [2.75, 3.05) is 79.0 Å². The lowest BCUT2D eigenvalue weighted by molar-refractivity contribution is -0.121. The van der Waals surface area contributed by atoms with E-state index in [1.807, 2.05) is 26.0 Å². The molecule has 10 nitrogen and oxygen atoms in total. The first-order valence-corrected chi connectivity index (χ1v) is 17.6. The van der Waals surface area contributed by atoms with Crippen LogP contribution in [0.5, 0.6) is 5.75 Å². The monoisotopic (exact) mass is 655 g/mol. The minimum atomic E-state index is -0.218. The lowest BCUT2D eigenvalue weighted by Crippen LogP contribution is -2.31. The molecule has 0 spiro atoms. The third kappa shape index (κ3) is 23.4. The summed E-state index contributed by atoms with van der Waals surface area (Å²) in [4.78, 5) is 24.3. The van der Waals surface area contributed by atoms with Crippen LogP contribution in [0, 0.1) is 11.8 Å². The van der Waals surface area contributed by atoms with Crippen molar-refractivity contribution in [1.29, 1.82) is 0 Å². The number of benzene rings is 1. The summed E-state index contributed by atoms with van der Waals surface area (Å²) in [6.07, 6.45) is 1.87. The van der Waals surface area contributed by atoms with Gasteiger partial charge in [0.1, 0.15) is 24.4 Å². The van der Waals surface area contributed by atoms with E-state index in [2.05, 4.69) is 48.6 Å². The van der Waals surface area contributed by atoms with Gasteiger partial charge in [-0.1, -0.05) is 68.2 Å². The Morgan fingerprint density at radius 3 is 2.43 bits per heavy atom. The molecule has 44 heavy (non-hydrogen) atoms. The summed E-state index contributed by atoms with van der Waals surface area (Å²) in [6.45, 7) is 16.5. The Morgan fingerprint density at radius 1 is 0.909 bits per heavy atom. The molecule has 1 aromatic rings. The van der Waals surface area contributed by atoms with Crippen molar-refractivity contribution >= 4 is 33.4 Å². The minimum absolute atomic E-state index is 0.0138. The number of hydrogen-bond donors (Lipinski definition) is 3. The molecular weight excluding hydrogens is 603 g/mol. The fraction of sp³-hybridized carbons (Fsp3) is 0.688. The van der Waals surface area contributed by atoms with Crippen LogP contribution >= 0.6 is 21.6 Å². The summed E-state index contributed by atoms with van der Waals surface area (Å²) >= 11 is 0. The van der Waals surface area contributed by atoms with Gasteiger partial charge < -0.3 is 39.6 Å². The van der Waals surface area contributed by atoms with E-state index < -0.39 is 0 Å². The molecule has 0 fully saturated rings. The fourth-order valence-corrected chi connectivity index (χ4v) is 5.47. The number of hydrogen-bond acceptors (Lipinski definition) is 10. The number of carbonyl (C=O) groups excluding carboxylic acids is 2. The Labute approximate surface area is 272 Å². The zero-order valence-electron chi connectivity index (χ0n) is 27.2. The predicted molar refractivity (Wildman–Crippen MR) is 180 cm³/mol. The smallest absolute Gasteiger partial charge is 0.251 e. The molecule has 250 valence electrons. The SMILES string of the molecule is CCC#CCOCCNC(=O)CCCOCCOCCOC(COc1cccc(C(=O)NCCNCC)c1)SSC(C)(C)C. The van der Waals surface area contributed by atoms with Crippen LogP contribution in [0.2, 0.25) is 0 Å². The standard InChI is InChI=1S/C32H53N3O7S2/c1-6-8-9-18-38-20-17-34-29(36)14-11-19-39-21-22-40-23-24-41-30(43-44-32(3,4)5)26-42-28-13-10-12-27(25-28)31(37)35-16-15-33-7-2/h10,12-13,25,30,33H,6-7,11,14-24,26H2,1-5H3,(H,34,36)(H,35,37). The van der Waals surface area contributed by atoms with E-state index in [1.165, 1.54) is 0 Å². The Hall–Kier alpha value is -1.98. The molecule has 0 aliphatic heterocycles. The molecule has 0 radical (unpaired) electrons. The highest BCUT2D eigenvalue weighted by molar-refractivity contribution is 8.77. The molecule has 0 aromatic heterocycles. The number of likely N-dealkylation sites (N-methyl/N-ethyl adjacent to an activating group) is 1. The second-order valence-electron chi connectivity index (χ2n) is 10.5. The van der Waals surface area contributed by atoms with Gasteiger partial charge in [-0.25, -0.2) is 0 Å². The summed E-state index contributed by atoms with van der Waals surface area (Å²) in [5.41, 5.74) is 0.339. The summed E-state index contributed by atoms with van der Waals surface area (Å²) < 4.78 is 28.7. The summed E-state index contributed by atoms with van der Waals surface area (Å²) in [6, 6.07) is 7.17. The number of rotatable bonds is 25. The molecule has 0 saturated carbocycles. The lowest BCUT2D eigenvalue weighted by atomic mass is 10.2. The highest BCUT2D eigenvalue weighted by Gasteiger charge is 2.18. The van der Waals surface area contributed by atoms with Crippen LogP contribution in [0.15, 0.2) is 24.3 Å². The van der Waals surface area contributed by atoms with Gasteiger partial charge in [-0.15, -0.1) is 5.92 Å². The van der Waals surface area contributed by atoms with Crippen LogP contribution in [0.3, 0.4) is 0 Å². The van der Waals surface area contributed by atoms with Gasteiger partial charge in [-0.3, -0.25) is 9.59 Å². The Bertz CT molecular complexity index is 967. The maximum atomic E-state index is 12.4. The van der Waals surface area contributed by atoms with Gasteiger partial charge in [-0.2, -0.15) is 0 Å². The van der Waals surface area contributed by atoms with Gasteiger partial charge in [0.2, 0.25) is 5.91 Å².